The second kappa shape index (κ2) is 6.52. The maximum absolute atomic E-state index is 11.1. The molecule has 7 heteroatoms. The first-order valence-corrected chi connectivity index (χ1v) is 6.07. The van der Waals surface area contributed by atoms with Gasteiger partial charge in [-0.1, -0.05) is 6.92 Å². The molecule has 0 radical (unpaired) electrons. The Kier molecular flexibility index (Phi) is 5.03. The third-order valence-electron chi connectivity index (χ3n) is 3.04. The molecule has 0 aliphatic heterocycles. The van der Waals surface area contributed by atoms with Gasteiger partial charge < -0.3 is 10.0 Å². The summed E-state index contributed by atoms with van der Waals surface area (Å²) in [6.45, 7) is 3.33. The van der Waals surface area contributed by atoms with Crippen LogP contribution in [0.25, 0.3) is 0 Å². The van der Waals surface area contributed by atoms with E-state index in [1.54, 1.807) is 6.92 Å². The smallest absolute Gasteiger partial charge is 0.323 e. The van der Waals surface area contributed by atoms with Crippen molar-refractivity contribution in [2.75, 3.05) is 11.4 Å². The number of carboxylic acid groups (broad SMARTS) is 1. The lowest BCUT2D eigenvalue weighted by atomic mass is 10.1. The number of nitro benzene ring substituents is 1. The summed E-state index contributed by atoms with van der Waals surface area (Å²) >= 11 is 0. The van der Waals surface area contributed by atoms with Crippen LogP contribution in [0.4, 0.5) is 11.4 Å². The molecule has 1 atom stereocenters. The van der Waals surface area contributed by atoms with E-state index >= 15 is 0 Å². The highest BCUT2D eigenvalue weighted by Crippen LogP contribution is 2.31. The fourth-order valence-corrected chi connectivity index (χ4v) is 1.83. The van der Waals surface area contributed by atoms with Crippen molar-refractivity contribution in [3.63, 3.8) is 0 Å². The van der Waals surface area contributed by atoms with Gasteiger partial charge in [-0.15, -0.1) is 0 Å². The zero-order chi connectivity index (χ0) is 15.3. The Labute approximate surface area is 116 Å². The predicted octanol–water partition coefficient (Wildman–Crippen LogP) is 2.16. The van der Waals surface area contributed by atoms with Crippen LogP contribution >= 0.6 is 0 Å². The van der Waals surface area contributed by atoms with Gasteiger partial charge in [0.15, 0.2) is 0 Å². The van der Waals surface area contributed by atoms with E-state index in [1.807, 2.05) is 13.0 Å². The van der Waals surface area contributed by atoms with E-state index in [1.165, 1.54) is 17.0 Å². The number of hydrogen-bond acceptors (Lipinski definition) is 5. The first kappa shape index (κ1) is 15.4. The Morgan fingerprint density at radius 1 is 1.60 bits per heavy atom. The molecule has 0 aliphatic carbocycles. The molecule has 0 bridgehead atoms. The lowest BCUT2D eigenvalue weighted by Crippen LogP contribution is -2.37. The fourth-order valence-electron chi connectivity index (χ4n) is 1.83. The summed E-state index contributed by atoms with van der Waals surface area (Å²) in [5.74, 6) is -1.07. The average molecular weight is 277 g/mol. The summed E-state index contributed by atoms with van der Waals surface area (Å²) in [5.41, 5.74) is 0.122. The Bertz CT molecular complexity index is 565. The highest BCUT2D eigenvalue weighted by Gasteiger charge is 2.24. The van der Waals surface area contributed by atoms with Crippen LogP contribution in [0.3, 0.4) is 0 Å². The SMILES string of the molecule is CCC(C)N(CC(=O)O)c1ccc(C#N)cc1[N+](=O)[O-]. The minimum atomic E-state index is -1.07. The normalized spacial score (nSPS) is 11.4. The van der Waals surface area contributed by atoms with Gasteiger partial charge >= 0.3 is 5.97 Å². The van der Waals surface area contributed by atoms with Gasteiger partial charge in [0.2, 0.25) is 0 Å². The van der Waals surface area contributed by atoms with Crippen LogP contribution in [-0.4, -0.2) is 28.6 Å². The number of carbonyl (C=O) groups is 1. The Morgan fingerprint density at radius 3 is 2.70 bits per heavy atom. The molecule has 106 valence electrons. The molecule has 0 fully saturated rings. The van der Waals surface area contributed by atoms with Crippen molar-refractivity contribution in [2.24, 2.45) is 0 Å². The van der Waals surface area contributed by atoms with Gasteiger partial charge in [-0.3, -0.25) is 14.9 Å². The molecule has 0 aromatic heterocycles. The monoisotopic (exact) mass is 277 g/mol. The van der Waals surface area contributed by atoms with Crippen LogP contribution in [0.2, 0.25) is 0 Å². The van der Waals surface area contributed by atoms with Crippen LogP contribution in [0.15, 0.2) is 18.2 Å². The van der Waals surface area contributed by atoms with E-state index in [-0.39, 0.29) is 29.5 Å². The van der Waals surface area contributed by atoms with E-state index in [2.05, 4.69) is 0 Å². The summed E-state index contributed by atoms with van der Waals surface area (Å²) < 4.78 is 0. The van der Waals surface area contributed by atoms with Crippen molar-refractivity contribution in [3.05, 3.63) is 33.9 Å². The van der Waals surface area contributed by atoms with Crippen molar-refractivity contribution in [3.8, 4) is 6.07 Å². The zero-order valence-electron chi connectivity index (χ0n) is 11.2. The summed E-state index contributed by atoms with van der Waals surface area (Å²) in [5, 5.41) is 28.9. The number of hydrogen-bond donors (Lipinski definition) is 1. The number of carboxylic acids is 1. The molecule has 0 heterocycles. The second-order valence-corrected chi connectivity index (χ2v) is 4.35. The lowest BCUT2D eigenvalue weighted by molar-refractivity contribution is -0.384. The molecule has 1 aromatic carbocycles. The van der Waals surface area contributed by atoms with Gasteiger partial charge in [0.1, 0.15) is 12.2 Å². The third kappa shape index (κ3) is 3.45. The van der Waals surface area contributed by atoms with E-state index in [0.29, 0.717) is 6.42 Å². The standard InChI is InChI=1S/C13H15N3O4/c1-3-9(2)15(8-13(17)18)11-5-4-10(7-14)6-12(11)16(19)20/h4-6,9H,3,8H2,1-2H3,(H,17,18). The predicted molar refractivity (Wildman–Crippen MR) is 72.5 cm³/mol. The summed E-state index contributed by atoms with van der Waals surface area (Å²) in [7, 11) is 0. The largest absolute Gasteiger partial charge is 0.480 e. The summed E-state index contributed by atoms with van der Waals surface area (Å²) in [4.78, 5) is 22.9. The minimum absolute atomic E-state index is 0.167. The summed E-state index contributed by atoms with van der Waals surface area (Å²) in [6.07, 6.45) is 0.643. The molecule has 1 rings (SSSR count). The maximum atomic E-state index is 11.1. The van der Waals surface area contributed by atoms with Gasteiger partial charge in [0.05, 0.1) is 16.6 Å². The van der Waals surface area contributed by atoms with Crippen molar-refractivity contribution < 1.29 is 14.8 Å². The Balaban J connectivity index is 3.35. The Hall–Kier alpha value is -2.62. The number of nitro groups is 1. The average Bonchev–Trinajstić information content (AvgIpc) is 2.43. The quantitative estimate of drug-likeness (QED) is 0.630. The van der Waals surface area contributed by atoms with Crippen LogP contribution in [0, 0.1) is 21.4 Å². The lowest BCUT2D eigenvalue weighted by Gasteiger charge is -2.28. The van der Waals surface area contributed by atoms with Crippen LogP contribution in [-0.2, 0) is 4.79 Å². The van der Waals surface area contributed by atoms with Crippen molar-refractivity contribution >= 4 is 17.3 Å². The van der Waals surface area contributed by atoms with E-state index < -0.39 is 10.9 Å². The van der Waals surface area contributed by atoms with Crippen LogP contribution in [0.5, 0.6) is 0 Å². The number of benzene rings is 1. The first-order valence-electron chi connectivity index (χ1n) is 6.07. The minimum Gasteiger partial charge on any atom is -0.480 e. The van der Waals surface area contributed by atoms with Gasteiger partial charge in [0, 0.05) is 12.1 Å². The molecule has 1 unspecified atom stereocenters. The van der Waals surface area contributed by atoms with E-state index in [9.17, 15) is 14.9 Å². The van der Waals surface area contributed by atoms with Crippen molar-refractivity contribution in [1.29, 1.82) is 5.26 Å². The molecular weight excluding hydrogens is 262 g/mol. The molecule has 0 spiro atoms. The van der Waals surface area contributed by atoms with E-state index in [0.717, 1.165) is 6.07 Å². The second-order valence-electron chi connectivity index (χ2n) is 4.35. The molecular formula is C13H15N3O4. The summed E-state index contributed by atoms with van der Waals surface area (Å²) in [6, 6.07) is 5.69. The highest BCUT2D eigenvalue weighted by atomic mass is 16.6. The molecule has 0 amide bonds. The number of nitriles is 1. The molecule has 0 aliphatic rings. The number of anilines is 1. The van der Waals surface area contributed by atoms with Crippen LogP contribution < -0.4 is 4.90 Å². The van der Waals surface area contributed by atoms with E-state index in [4.69, 9.17) is 10.4 Å². The molecule has 20 heavy (non-hydrogen) atoms. The molecule has 0 saturated carbocycles. The molecule has 0 saturated heterocycles. The molecule has 1 aromatic rings. The fraction of sp³-hybridized carbons (Fsp3) is 0.385. The zero-order valence-corrected chi connectivity index (χ0v) is 11.2. The maximum Gasteiger partial charge on any atom is 0.323 e. The highest BCUT2D eigenvalue weighted by molar-refractivity contribution is 5.77. The van der Waals surface area contributed by atoms with Gasteiger partial charge in [-0.2, -0.15) is 5.26 Å². The number of rotatable bonds is 6. The number of nitrogens with zero attached hydrogens (tertiary/aromatic N) is 3. The first-order chi connectivity index (χ1) is 9.40. The topological polar surface area (TPSA) is 107 Å². The van der Waals surface area contributed by atoms with Gasteiger partial charge in [0.25, 0.3) is 5.69 Å². The van der Waals surface area contributed by atoms with Crippen molar-refractivity contribution in [2.45, 2.75) is 26.3 Å². The number of aliphatic carboxylic acids is 1. The van der Waals surface area contributed by atoms with Crippen LogP contribution in [0.1, 0.15) is 25.8 Å². The van der Waals surface area contributed by atoms with Crippen molar-refractivity contribution in [1.82, 2.24) is 0 Å². The molecule has 7 nitrogen and oxygen atoms in total. The third-order valence-corrected chi connectivity index (χ3v) is 3.04. The van der Waals surface area contributed by atoms with Gasteiger partial charge in [-0.05, 0) is 25.5 Å². The van der Waals surface area contributed by atoms with Gasteiger partial charge in [-0.25, -0.2) is 0 Å². The Morgan fingerprint density at radius 2 is 2.25 bits per heavy atom. The molecule has 1 N–H and O–H groups in total.